The first-order valence-electron chi connectivity index (χ1n) is 7.65. The van der Waals surface area contributed by atoms with Crippen LogP contribution >= 0.6 is 0 Å². The molecule has 1 atom stereocenters. The number of carboxylic acid groups (broad SMARTS) is 1. The zero-order valence-electron chi connectivity index (χ0n) is 12.3. The van der Waals surface area contributed by atoms with Gasteiger partial charge in [0.1, 0.15) is 0 Å². The van der Waals surface area contributed by atoms with Crippen LogP contribution in [0.4, 0.5) is 4.79 Å². The summed E-state index contributed by atoms with van der Waals surface area (Å²) in [6.45, 7) is 1.71. The fourth-order valence-electron chi connectivity index (χ4n) is 2.71. The number of nitrogens with zero attached hydrogens (tertiary/aromatic N) is 1. The van der Waals surface area contributed by atoms with Crippen LogP contribution in [-0.2, 0) is 14.3 Å². The fourth-order valence-corrected chi connectivity index (χ4v) is 2.71. The summed E-state index contributed by atoms with van der Waals surface area (Å²) in [6.07, 6.45) is 5.36. The minimum atomic E-state index is -1.03. The maximum absolute atomic E-state index is 11.9. The maximum Gasteiger partial charge on any atom is 0.334 e. The van der Waals surface area contributed by atoms with Gasteiger partial charge < -0.3 is 24.8 Å². The van der Waals surface area contributed by atoms with Crippen LogP contribution in [0, 0.1) is 0 Å². The summed E-state index contributed by atoms with van der Waals surface area (Å²) in [5.41, 5.74) is 0. The molecule has 0 bridgehead atoms. The number of aliphatic carboxylic acids is 1. The Balaban J connectivity index is 1.61. The molecule has 0 spiro atoms. The van der Waals surface area contributed by atoms with Gasteiger partial charge in [-0.3, -0.25) is 0 Å². The van der Waals surface area contributed by atoms with Crippen molar-refractivity contribution in [3.63, 3.8) is 0 Å². The van der Waals surface area contributed by atoms with E-state index >= 15 is 0 Å². The molecule has 1 unspecified atom stereocenters. The maximum atomic E-state index is 11.9. The van der Waals surface area contributed by atoms with E-state index in [-0.39, 0.29) is 19.2 Å². The van der Waals surface area contributed by atoms with Gasteiger partial charge in [0.05, 0.1) is 25.9 Å². The lowest BCUT2D eigenvalue weighted by atomic mass is 9.98. The molecule has 0 radical (unpaired) electrons. The third kappa shape index (κ3) is 5.17. The molecule has 2 aliphatic rings. The van der Waals surface area contributed by atoms with Crippen LogP contribution in [0.2, 0.25) is 0 Å². The molecule has 120 valence electrons. The molecule has 2 fully saturated rings. The van der Waals surface area contributed by atoms with Gasteiger partial charge in [0.15, 0.2) is 6.10 Å². The van der Waals surface area contributed by atoms with Gasteiger partial charge >= 0.3 is 12.0 Å². The molecule has 1 saturated carbocycles. The Kier molecular flexibility index (Phi) is 6.25. The van der Waals surface area contributed by atoms with E-state index in [4.69, 9.17) is 14.6 Å². The van der Waals surface area contributed by atoms with Crippen LogP contribution in [0.1, 0.15) is 32.1 Å². The number of amides is 2. The zero-order chi connectivity index (χ0) is 15.1. The molecule has 0 aromatic rings. The molecule has 1 saturated heterocycles. The molecule has 2 amide bonds. The monoisotopic (exact) mass is 300 g/mol. The minimum absolute atomic E-state index is 0.0879. The van der Waals surface area contributed by atoms with E-state index in [0.717, 1.165) is 12.8 Å². The normalized spacial score (nSPS) is 23.8. The summed E-state index contributed by atoms with van der Waals surface area (Å²) in [7, 11) is 0. The van der Waals surface area contributed by atoms with E-state index in [0.29, 0.717) is 25.8 Å². The highest BCUT2D eigenvalue weighted by molar-refractivity contribution is 5.77. The van der Waals surface area contributed by atoms with E-state index in [1.54, 1.807) is 0 Å². The first-order valence-corrected chi connectivity index (χ1v) is 7.65. The van der Waals surface area contributed by atoms with Crippen LogP contribution in [0.3, 0.4) is 0 Å². The first kappa shape index (κ1) is 16.0. The molecular formula is C14H24N2O5. The Labute approximate surface area is 124 Å². The Morgan fingerprint density at radius 1 is 1.29 bits per heavy atom. The number of hydrogen-bond donors (Lipinski definition) is 2. The van der Waals surface area contributed by atoms with Gasteiger partial charge in [0.2, 0.25) is 0 Å². The van der Waals surface area contributed by atoms with Crippen molar-refractivity contribution in [1.82, 2.24) is 10.2 Å². The third-order valence-electron chi connectivity index (χ3n) is 3.91. The van der Waals surface area contributed by atoms with Gasteiger partial charge in [-0.15, -0.1) is 0 Å². The zero-order valence-corrected chi connectivity index (χ0v) is 12.3. The summed E-state index contributed by atoms with van der Waals surface area (Å²) in [6, 6.07) is -0.253. The Hall–Kier alpha value is -1.34. The Bertz CT molecular complexity index is 357. The largest absolute Gasteiger partial charge is 0.479 e. The Morgan fingerprint density at radius 2 is 2.05 bits per heavy atom. The average Bonchev–Trinajstić information content (AvgIpc) is 2.52. The first-order chi connectivity index (χ1) is 10.2. The smallest absolute Gasteiger partial charge is 0.334 e. The molecule has 7 heteroatoms. The second kappa shape index (κ2) is 8.19. The van der Waals surface area contributed by atoms with Crippen LogP contribution in [-0.4, -0.2) is 67.1 Å². The van der Waals surface area contributed by atoms with Crippen LogP contribution in [0.15, 0.2) is 0 Å². The molecule has 0 aromatic carbocycles. The highest BCUT2D eigenvalue weighted by Crippen LogP contribution is 2.19. The predicted molar refractivity (Wildman–Crippen MR) is 75.2 cm³/mol. The van der Waals surface area contributed by atoms with Crippen molar-refractivity contribution in [3.8, 4) is 0 Å². The number of carbonyl (C=O) groups excluding carboxylic acids is 1. The molecule has 1 heterocycles. The van der Waals surface area contributed by atoms with Gasteiger partial charge in [0, 0.05) is 13.1 Å². The number of morpholine rings is 1. The number of hydrogen-bond acceptors (Lipinski definition) is 4. The number of nitrogens with one attached hydrogen (secondary N) is 1. The lowest BCUT2D eigenvalue weighted by Gasteiger charge is -2.31. The molecule has 1 aliphatic heterocycles. The standard InChI is InChI=1S/C14H24N2O5/c17-13(18)12-10-16(7-9-21-12)14(19)15-6-8-20-11-4-2-1-3-5-11/h11-12H,1-10H2,(H,15,19)(H,17,18). The minimum Gasteiger partial charge on any atom is -0.479 e. The van der Waals surface area contributed by atoms with Gasteiger partial charge in [0.25, 0.3) is 0 Å². The average molecular weight is 300 g/mol. The van der Waals surface area contributed by atoms with Crippen LogP contribution in [0.5, 0.6) is 0 Å². The number of carboxylic acids is 1. The predicted octanol–water partition coefficient (Wildman–Crippen LogP) is 0.831. The van der Waals surface area contributed by atoms with E-state index in [9.17, 15) is 9.59 Å². The Morgan fingerprint density at radius 3 is 2.76 bits per heavy atom. The highest BCUT2D eigenvalue weighted by Gasteiger charge is 2.28. The summed E-state index contributed by atoms with van der Waals surface area (Å²) < 4.78 is 10.8. The molecule has 2 rings (SSSR count). The van der Waals surface area contributed by atoms with E-state index < -0.39 is 12.1 Å². The highest BCUT2D eigenvalue weighted by atomic mass is 16.5. The molecular weight excluding hydrogens is 276 g/mol. The van der Waals surface area contributed by atoms with Crippen molar-refractivity contribution < 1.29 is 24.2 Å². The molecule has 21 heavy (non-hydrogen) atoms. The van der Waals surface area contributed by atoms with Gasteiger partial charge in [-0.25, -0.2) is 9.59 Å². The number of carbonyl (C=O) groups is 2. The van der Waals surface area contributed by atoms with Gasteiger partial charge in [-0.1, -0.05) is 19.3 Å². The SMILES string of the molecule is O=C(O)C1CN(C(=O)NCCOC2CCCCC2)CCO1. The topological polar surface area (TPSA) is 88.1 Å². The summed E-state index contributed by atoms with van der Waals surface area (Å²) in [4.78, 5) is 24.3. The summed E-state index contributed by atoms with van der Waals surface area (Å²) >= 11 is 0. The van der Waals surface area contributed by atoms with Crippen molar-refractivity contribution >= 4 is 12.0 Å². The fraction of sp³-hybridized carbons (Fsp3) is 0.857. The van der Waals surface area contributed by atoms with Crippen LogP contribution < -0.4 is 5.32 Å². The second-order valence-corrected chi connectivity index (χ2v) is 5.51. The van der Waals surface area contributed by atoms with Crippen molar-refractivity contribution in [2.45, 2.75) is 44.3 Å². The second-order valence-electron chi connectivity index (χ2n) is 5.51. The molecule has 1 aliphatic carbocycles. The van der Waals surface area contributed by atoms with E-state index in [1.807, 2.05) is 0 Å². The molecule has 0 aromatic heterocycles. The quantitative estimate of drug-likeness (QED) is 0.734. The van der Waals surface area contributed by atoms with Crippen molar-refractivity contribution in [2.75, 3.05) is 32.8 Å². The van der Waals surface area contributed by atoms with Crippen LogP contribution in [0.25, 0.3) is 0 Å². The van der Waals surface area contributed by atoms with E-state index in [2.05, 4.69) is 5.32 Å². The summed E-state index contributed by atoms with van der Waals surface area (Å²) in [5, 5.41) is 11.7. The summed E-state index contributed by atoms with van der Waals surface area (Å²) in [5.74, 6) is -1.03. The van der Waals surface area contributed by atoms with Crippen molar-refractivity contribution in [1.29, 1.82) is 0 Å². The number of ether oxygens (including phenoxy) is 2. The number of rotatable bonds is 5. The molecule has 7 nitrogen and oxygen atoms in total. The van der Waals surface area contributed by atoms with Crippen molar-refractivity contribution in [2.24, 2.45) is 0 Å². The van der Waals surface area contributed by atoms with Gasteiger partial charge in [-0.2, -0.15) is 0 Å². The van der Waals surface area contributed by atoms with Crippen molar-refractivity contribution in [3.05, 3.63) is 0 Å². The van der Waals surface area contributed by atoms with Gasteiger partial charge in [-0.05, 0) is 12.8 Å². The van der Waals surface area contributed by atoms with E-state index in [1.165, 1.54) is 24.2 Å². The molecule has 2 N–H and O–H groups in total. The lowest BCUT2D eigenvalue weighted by Crippen LogP contribution is -2.52. The number of urea groups is 1. The lowest BCUT2D eigenvalue weighted by molar-refractivity contribution is -0.154. The third-order valence-corrected chi connectivity index (χ3v) is 3.91.